The standard InChI is InChI=1S/C17H26O3Si/c1-17(2,3)21(4,5)20-15-11-13-9-7-6-8-12(13)10-14(15)16(18)19/h10-11H,6-9H2,1-5H3,(H,18,19). The molecule has 0 atom stereocenters. The quantitative estimate of drug-likeness (QED) is 0.827. The van der Waals surface area contributed by atoms with E-state index in [4.69, 9.17) is 4.43 Å². The lowest BCUT2D eigenvalue weighted by Gasteiger charge is -2.37. The van der Waals surface area contributed by atoms with Gasteiger partial charge in [-0.3, -0.25) is 0 Å². The van der Waals surface area contributed by atoms with Gasteiger partial charge in [0.1, 0.15) is 11.3 Å². The Bertz CT molecular complexity index is 556. The molecule has 1 N–H and O–H groups in total. The molecule has 1 aliphatic carbocycles. The Labute approximate surface area is 128 Å². The van der Waals surface area contributed by atoms with Crippen molar-refractivity contribution >= 4 is 14.3 Å². The first-order chi connectivity index (χ1) is 9.62. The minimum atomic E-state index is -2.03. The molecular formula is C17H26O3Si. The second-order valence-electron chi connectivity index (χ2n) is 7.49. The topological polar surface area (TPSA) is 46.5 Å². The Hall–Kier alpha value is -1.29. The van der Waals surface area contributed by atoms with E-state index in [1.807, 2.05) is 12.1 Å². The van der Waals surface area contributed by atoms with Gasteiger partial charge in [-0.15, -0.1) is 0 Å². The van der Waals surface area contributed by atoms with E-state index in [1.165, 1.54) is 17.5 Å². The molecule has 1 aliphatic rings. The number of carboxylic acid groups (broad SMARTS) is 1. The molecular weight excluding hydrogens is 280 g/mol. The summed E-state index contributed by atoms with van der Waals surface area (Å²) in [6, 6.07) is 3.82. The van der Waals surface area contributed by atoms with Crippen LogP contribution >= 0.6 is 0 Å². The molecule has 0 aliphatic heterocycles. The largest absolute Gasteiger partial charge is 0.543 e. The van der Waals surface area contributed by atoms with Gasteiger partial charge in [0, 0.05) is 0 Å². The minimum absolute atomic E-state index is 0.0542. The van der Waals surface area contributed by atoms with Crippen LogP contribution in [0.2, 0.25) is 18.1 Å². The lowest BCUT2D eigenvalue weighted by atomic mass is 9.90. The Kier molecular flexibility index (Phi) is 4.20. The van der Waals surface area contributed by atoms with Crippen LogP contribution in [0.4, 0.5) is 0 Å². The van der Waals surface area contributed by atoms with Crippen LogP contribution in [0, 0.1) is 0 Å². The molecule has 0 bridgehead atoms. The lowest BCUT2D eigenvalue weighted by Crippen LogP contribution is -2.44. The van der Waals surface area contributed by atoms with Crippen molar-refractivity contribution in [3.63, 3.8) is 0 Å². The summed E-state index contributed by atoms with van der Waals surface area (Å²) in [4.78, 5) is 11.6. The molecule has 116 valence electrons. The van der Waals surface area contributed by atoms with Crippen LogP contribution in [0.15, 0.2) is 12.1 Å². The van der Waals surface area contributed by atoms with Crippen LogP contribution in [0.3, 0.4) is 0 Å². The Morgan fingerprint density at radius 2 is 1.67 bits per heavy atom. The van der Waals surface area contributed by atoms with Gasteiger partial charge in [-0.2, -0.15) is 0 Å². The molecule has 1 aromatic carbocycles. The molecule has 0 saturated carbocycles. The fraction of sp³-hybridized carbons (Fsp3) is 0.588. The Balaban J connectivity index is 2.45. The van der Waals surface area contributed by atoms with Crippen LogP contribution in [-0.4, -0.2) is 19.4 Å². The number of aryl methyl sites for hydroxylation is 2. The predicted molar refractivity (Wildman–Crippen MR) is 87.9 cm³/mol. The summed E-state index contributed by atoms with van der Waals surface area (Å²) < 4.78 is 6.28. The summed E-state index contributed by atoms with van der Waals surface area (Å²) >= 11 is 0. The highest BCUT2D eigenvalue weighted by molar-refractivity contribution is 6.74. The molecule has 21 heavy (non-hydrogen) atoms. The molecule has 0 fully saturated rings. The molecule has 0 amide bonds. The third-order valence-corrected chi connectivity index (χ3v) is 9.19. The molecule has 0 radical (unpaired) electrons. The number of fused-ring (bicyclic) bond motifs is 1. The van der Waals surface area contributed by atoms with E-state index in [0.717, 1.165) is 19.3 Å². The monoisotopic (exact) mass is 306 g/mol. The third-order valence-electron chi connectivity index (χ3n) is 4.85. The summed E-state index contributed by atoms with van der Waals surface area (Å²) in [5, 5.41) is 9.56. The Morgan fingerprint density at radius 1 is 1.14 bits per heavy atom. The highest BCUT2D eigenvalue weighted by Gasteiger charge is 2.39. The average molecular weight is 306 g/mol. The van der Waals surface area contributed by atoms with Gasteiger partial charge in [-0.25, -0.2) is 4.79 Å². The highest BCUT2D eigenvalue weighted by Crippen LogP contribution is 2.39. The first-order valence-corrected chi connectivity index (χ1v) is 10.6. The van der Waals surface area contributed by atoms with E-state index in [0.29, 0.717) is 11.3 Å². The van der Waals surface area contributed by atoms with Crippen LogP contribution in [0.5, 0.6) is 5.75 Å². The Morgan fingerprint density at radius 3 is 2.14 bits per heavy atom. The molecule has 0 unspecified atom stereocenters. The van der Waals surface area contributed by atoms with Crippen LogP contribution < -0.4 is 4.43 Å². The van der Waals surface area contributed by atoms with Crippen molar-refractivity contribution < 1.29 is 14.3 Å². The third kappa shape index (κ3) is 3.31. The van der Waals surface area contributed by atoms with E-state index in [-0.39, 0.29) is 5.04 Å². The van der Waals surface area contributed by atoms with Crippen molar-refractivity contribution in [3.05, 3.63) is 28.8 Å². The molecule has 0 heterocycles. The first kappa shape index (κ1) is 16.1. The second-order valence-corrected chi connectivity index (χ2v) is 12.2. The van der Waals surface area contributed by atoms with E-state index < -0.39 is 14.3 Å². The van der Waals surface area contributed by atoms with Gasteiger partial charge in [0.2, 0.25) is 0 Å². The molecule has 0 aromatic heterocycles. The molecule has 4 heteroatoms. The van der Waals surface area contributed by atoms with Gasteiger partial charge < -0.3 is 9.53 Å². The number of aromatic carboxylic acids is 1. The average Bonchev–Trinajstić information content (AvgIpc) is 2.35. The highest BCUT2D eigenvalue weighted by atomic mass is 28.4. The number of benzene rings is 1. The van der Waals surface area contributed by atoms with E-state index in [9.17, 15) is 9.90 Å². The minimum Gasteiger partial charge on any atom is -0.543 e. The van der Waals surface area contributed by atoms with Gasteiger partial charge in [0.25, 0.3) is 8.32 Å². The van der Waals surface area contributed by atoms with Gasteiger partial charge >= 0.3 is 5.97 Å². The smallest absolute Gasteiger partial charge is 0.339 e. The number of hydrogen-bond acceptors (Lipinski definition) is 2. The van der Waals surface area contributed by atoms with Gasteiger partial charge in [-0.1, -0.05) is 20.8 Å². The van der Waals surface area contributed by atoms with Crippen LogP contribution in [-0.2, 0) is 12.8 Å². The maximum absolute atomic E-state index is 11.6. The fourth-order valence-corrected chi connectivity index (χ4v) is 3.47. The normalized spacial score (nSPS) is 15.5. The number of carboxylic acids is 1. The summed E-state index contributed by atoms with van der Waals surface area (Å²) in [7, 11) is -2.03. The van der Waals surface area contributed by atoms with Crippen molar-refractivity contribution in [2.45, 2.75) is 64.6 Å². The summed E-state index contributed by atoms with van der Waals surface area (Å²) in [5.74, 6) is -0.327. The zero-order valence-corrected chi connectivity index (χ0v) is 14.7. The van der Waals surface area contributed by atoms with E-state index in [2.05, 4.69) is 33.9 Å². The zero-order chi connectivity index (χ0) is 15.8. The van der Waals surface area contributed by atoms with Gasteiger partial charge in [0.15, 0.2) is 0 Å². The first-order valence-electron chi connectivity index (χ1n) is 7.70. The summed E-state index contributed by atoms with van der Waals surface area (Å²) in [6.07, 6.45) is 4.34. The molecule has 0 spiro atoms. The molecule has 0 saturated heterocycles. The number of hydrogen-bond donors (Lipinski definition) is 1. The molecule has 1 aromatic rings. The molecule has 3 nitrogen and oxygen atoms in total. The maximum atomic E-state index is 11.6. The maximum Gasteiger partial charge on any atom is 0.339 e. The van der Waals surface area contributed by atoms with Crippen LogP contribution in [0.1, 0.15) is 55.1 Å². The SMILES string of the molecule is CC(C)(C)[Si](C)(C)Oc1cc2c(cc1C(=O)O)CCCC2. The number of rotatable bonds is 3. The lowest BCUT2D eigenvalue weighted by molar-refractivity contribution is 0.0694. The van der Waals surface area contributed by atoms with Crippen molar-refractivity contribution in [2.75, 3.05) is 0 Å². The van der Waals surface area contributed by atoms with Crippen molar-refractivity contribution in [1.82, 2.24) is 0 Å². The van der Waals surface area contributed by atoms with Gasteiger partial charge in [0.05, 0.1) is 0 Å². The van der Waals surface area contributed by atoms with Crippen molar-refractivity contribution in [3.8, 4) is 5.75 Å². The van der Waals surface area contributed by atoms with Gasteiger partial charge in [-0.05, 0) is 67.1 Å². The van der Waals surface area contributed by atoms with Crippen molar-refractivity contribution in [1.29, 1.82) is 0 Å². The predicted octanol–water partition coefficient (Wildman–Crippen LogP) is 4.65. The fourth-order valence-electron chi connectivity index (χ4n) is 2.44. The van der Waals surface area contributed by atoms with E-state index >= 15 is 0 Å². The summed E-state index contributed by atoms with van der Waals surface area (Å²) in [6.45, 7) is 10.8. The second kappa shape index (κ2) is 5.48. The molecule has 2 rings (SSSR count). The zero-order valence-electron chi connectivity index (χ0n) is 13.7. The van der Waals surface area contributed by atoms with Crippen molar-refractivity contribution in [2.24, 2.45) is 0 Å². The number of carbonyl (C=O) groups is 1. The van der Waals surface area contributed by atoms with E-state index in [1.54, 1.807) is 0 Å². The van der Waals surface area contributed by atoms with Crippen LogP contribution in [0.25, 0.3) is 0 Å². The summed E-state index contributed by atoms with van der Waals surface area (Å²) in [5.41, 5.74) is 2.77.